The van der Waals surface area contributed by atoms with Gasteiger partial charge < -0.3 is 14.8 Å². The normalized spacial score (nSPS) is 11.2. The van der Waals surface area contributed by atoms with Crippen molar-refractivity contribution in [2.24, 2.45) is 0 Å². The van der Waals surface area contributed by atoms with E-state index in [-0.39, 0.29) is 35.3 Å². The fourth-order valence-electron chi connectivity index (χ4n) is 3.01. The number of nitrogens with zero attached hydrogens (tertiary/aromatic N) is 2. The predicted octanol–water partition coefficient (Wildman–Crippen LogP) is 3.52. The lowest BCUT2D eigenvalue weighted by molar-refractivity contribution is -0.0512. The zero-order valence-corrected chi connectivity index (χ0v) is 16.7. The number of fused-ring (bicyclic) bond motifs is 1. The summed E-state index contributed by atoms with van der Waals surface area (Å²) in [6.45, 7) is 0.738. The standard InChI is InChI=1S/C21H21F2N3O4/c1-12(2)26-20(28)15-7-5-4-6-14(15)18(25-26)19(27)24-11-13-8-9-16(30-21(22)23)17(10-13)29-3/h4-10,12,21H,11H2,1-3H3,(H,24,27). The number of amides is 1. The third-order valence-corrected chi connectivity index (χ3v) is 4.43. The van der Waals surface area contributed by atoms with E-state index < -0.39 is 12.5 Å². The van der Waals surface area contributed by atoms with Crippen molar-refractivity contribution in [3.63, 3.8) is 0 Å². The number of carbonyl (C=O) groups is 1. The van der Waals surface area contributed by atoms with E-state index in [0.717, 1.165) is 0 Å². The maximum atomic E-state index is 12.8. The largest absolute Gasteiger partial charge is 0.493 e. The molecular weight excluding hydrogens is 396 g/mol. The summed E-state index contributed by atoms with van der Waals surface area (Å²) in [6, 6.07) is 10.9. The molecule has 3 rings (SSSR count). The van der Waals surface area contributed by atoms with Crippen LogP contribution < -0.4 is 20.3 Å². The summed E-state index contributed by atoms with van der Waals surface area (Å²) in [7, 11) is 1.33. The quantitative estimate of drug-likeness (QED) is 0.636. The minimum Gasteiger partial charge on any atom is -0.493 e. The van der Waals surface area contributed by atoms with Crippen molar-refractivity contribution in [1.82, 2.24) is 15.1 Å². The number of rotatable bonds is 7. The molecule has 0 saturated heterocycles. The van der Waals surface area contributed by atoms with Gasteiger partial charge in [0.25, 0.3) is 11.5 Å². The van der Waals surface area contributed by atoms with E-state index in [9.17, 15) is 18.4 Å². The molecule has 1 amide bonds. The molecule has 9 heteroatoms. The van der Waals surface area contributed by atoms with Crippen LogP contribution in [0.5, 0.6) is 11.5 Å². The predicted molar refractivity (Wildman–Crippen MR) is 107 cm³/mol. The molecule has 0 fully saturated rings. The second-order valence-corrected chi connectivity index (χ2v) is 6.78. The Balaban J connectivity index is 1.87. The molecular formula is C21H21F2N3O4. The van der Waals surface area contributed by atoms with Crippen molar-refractivity contribution in [3.8, 4) is 11.5 Å². The van der Waals surface area contributed by atoms with Crippen molar-refractivity contribution < 1.29 is 23.0 Å². The number of alkyl halides is 2. The zero-order valence-electron chi connectivity index (χ0n) is 16.7. The van der Waals surface area contributed by atoms with Crippen LogP contribution in [-0.2, 0) is 6.54 Å². The zero-order chi connectivity index (χ0) is 21.8. The highest BCUT2D eigenvalue weighted by Crippen LogP contribution is 2.29. The molecule has 30 heavy (non-hydrogen) atoms. The van der Waals surface area contributed by atoms with Gasteiger partial charge in [-0.25, -0.2) is 4.68 Å². The van der Waals surface area contributed by atoms with E-state index >= 15 is 0 Å². The van der Waals surface area contributed by atoms with E-state index in [1.54, 1.807) is 44.2 Å². The van der Waals surface area contributed by atoms with Gasteiger partial charge in [0.1, 0.15) is 0 Å². The van der Waals surface area contributed by atoms with Crippen LogP contribution in [0.3, 0.4) is 0 Å². The van der Waals surface area contributed by atoms with Crippen LogP contribution in [0.1, 0.15) is 35.9 Å². The summed E-state index contributed by atoms with van der Waals surface area (Å²) in [6.07, 6.45) is 0. The Hall–Kier alpha value is -3.49. The number of halogens is 2. The summed E-state index contributed by atoms with van der Waals surface area (Å²) in [4.78, 5) is 25.4. The summed E-state index contributed by atoms with van der Waals surface area (Å²) in [5, 5.41) is 7.86. The lowest BCUT2D eigenvalue weighted by atomic mass is 10.1. The molecule has 0 atom stereocenters. The SMILES string of the molecule is COc1cc(CNC(=O)c2nn(C(C)C)c(=O)c3ccccc23)ccc1OC(F)F. The lowest BCUT2D eigenvalue weighted by Crippen LogP contribution is -2.31. The minimum atomic E-state index is -2.97. The van der Waals surface area contributed by atoms with Gasteiger partial charge in [0, 0.05) is 11.9 Å². The summed E-state index contributed by atoms with van der Waals surface area (Å²) >= 11 is 0. The Bertz CT molecular complexity index is 1130. The van der Waals surface area contributed by atoms with Crippen LogP contribution in [0.15, 0.2) is 47.3 Å². The van der Waals surface area contributed by atoms with Crippen LogP contribution in [0.2, 0.25) is 0 Å². The molecule has 0 aliphatic carbocycles. The highest BCUT2D eigenvalue weighted by atomic mass is 19.3. The molecule has 1 heterocycles. The lowest BCUT2D eigenvalue weighted by Gasteiger charge is -2.14. The molecule has 3 aromatic rings. The number of aromatic nitrogens is 2. The van der Waals surface area contributed by atoms with Crippen LogP contribution in [0, 0.1) is 0 Å². The Morgan fingerprint density at radius 1 is 1.13 bits per heavy atom. The molecule has 2 aromatic carbocycles. The van der Waals surface area contributed by atoms with Crippen LogP contribution in [0.4, 0.5) is 8.78 Å². The molecule has 0 aliphatic rings. The maximum Gasteiger partial charge on any atom is 0.387 e. The average molecular weight is 417 g/mol. The van der Waals surface area contributed by atoms with Gasteiger partial charge in [-0.3, -0.25) is 9.59 Å². The Morgan fingerprint density at radius 3 is 2.47 bits per heavy atom. The summed E-state index contributed by atoms with van der Waals surface area (Å²) in [5.41, 5.74) is 0.475. The van der Waals surface area contributed by atoms with Crippen molar-refractivity contribution in [1.29, 1.82) is 0 Å². The number of ether oxygens (including phenoxy) is 2. The third kappa shape index (κ3) is 4.40. The molecule has 0 bridgehead atoms. The highest BCUT2D eigenvalue weighted by molar-refractivity contribution is 6.04. The third-order valence-electron chi connectivity index (χ3n) is 4.43. The summed E-state index contributed by atoms with van der Waals surface area (Å²) < 4.78 is 35.7. The number of hydrogen-bond donors (Lipinski definition) is 1. The van der Waals surface area contributed by atoms with Gasteiger partial charge in [-0.1, -0.05) is 24.3 Å². The van der Waals surface area contributed by atoms with Gasteiger partial charge in [-0.15, -0.1) is 0 Å². The van der Waals surface area contributed by atoms with Crippen LogP contribution in [0.25, 0.3) is 10.8 Å². The number of carbonyl (C=O) groups excluding carboxylic acids is 1. The van der Waals surface area contributed by atoms with E-state index in [4.69, 9.17) is 4.74 Å². The van der Waals surface area contributed by atoms with Gasteiger partial charge in [0.15, 0.2) is 17.2 Å². The number of benzene rings is 2. The molecule has 1 aromatic heterocycles. The molecule has 0 unspecified atom stereocenters. The van der Waals surface area contributed by atoms with Crippen molar-refractivity contribution in [2.75, 3.05) is 7.11 Å². The van der Waals surface area contributed by atoms with E-state index in [0.29, 0.717) is 16.3 Å². The Kier molecular flexibility index (Phi) is 6.29. The number of nitrogens with one attached hydrogen (secondary N) is 1. The number of methoxy groups -OCH3 is 1. The molecule has 1 N–H and O–H groups in total. The van der Waals surface area contributed by atoms with Gasteiger partial charge in [-0.05, 0) is 37.6 Å². The van der Waals surface area contributed by atoms with Crippen LogP contribution >= 0.6 is 0 Å². The van der Waals surface area contributed by atoms with E-state index in [2.05, 4.69) is 15.2 Å². The maximum absolute atomic E-state index is 12.8. The van der Waals surface area contributed by atoms with E-state index in [1.165, 1.54) is 23.9 Å². The summed E-state index contributed by atoms with van der Waals surface area (Å²) in [5.74, 6) is -0.439. The first kappa shape index (κ1) is 21.2. The van der Waals surface area contributed by atoms with Gasteiger partial charge in [-0.2, -0.15) is 13.9 Å². The monoisotopic (exact) mass is 417 g/mol. The fourth-order valence-corrected chi connectivity index (χ4v) is 3.01. The Morgan fingerprint density at radius 2 is 1.83 bits per heavy atom. The van der Waals surface area contributed by atoms with Crippen molar-refractivity contribution >= 4 is 16.7 Å². The van der Waals surface area contributed by atoms with Gasteiger partial charge in [0.05, 0.1) is 18.5 Å². The first-order chi connectivity index (χ1) is 14.3. The van der Waals surface area contributed by atoms with Crippen LogP contribution in [-0.4, -0.2) is 29.4 Å². The minimum absolute atomic E-state index is 0.0979. The average Bonchev–Trinajstić information content (AvgIpc) is 2.72. The van der Waals surface area contributed by atoms with Crippen molar-refractivity contribution in [3.05, 3.63) is 64.1 Å². The van der Waals surface area contributed by atoms with Gasteiger partial charge >= 0.3 is 6.61 Å². The second-order valence-electron chi connectivity index (χ2n) is 6.78. The first-order valence-electron chi connectivity index (χ1n) is 9.23. The van der Waals surface area contributed by atoms with Gasteiger partial charge in [0.2, 0.25) is 0 Å². The highest BCUT2D eigenvalue weighted by Gasteiger charge is 2.18. The second kappa shape index (κ2) is 8.89. The molecule has 0 spiro atoms. The topological polar surface area (TPSA) is 82.5 Å². The molecule has 158 valence electrons. The molecule has 7 nitrogen and oxygen atoms in total. The van der Waals surface area contributed by atoms with Crippen molar-refractivity contribution in [2.45, 2.75) is 33.0 Å². The number of hydrogen-bond acceptors (Lipinski definition) is 5. The molecule has 0 radical (unpaired) electrons. The molecule has 0 aliphatic heterocycles. The first-order valence-corrected chi connectivity index (χ1v) is 9.23. The Labute approximate surface area is 171 Å². The van der Waals surface area contributed by atoms with E-state index in [1.807, 2.05) is 0 Å². The molecule has 0 saturated carbocycles. The fraction of sp³-hybridized carbons (Fsp3) is 0.286. The smallest absolute Gasteiger partial charge is 0.387 e.